The largest absolute Gasteiger partial charge is 0.349 e. The number of hydrogen-bond acceptors (Lipinski definition) is 0. The molecule has 1 aromatic heterocycles. The first-order valence-corrected chi connectivity index (χ1v) is 9.35. The highest BCUT2D eigenvalue weighted by Gasteiger charge is 2.25. The summed E-state index contributed by atoms with van der Waals surface area (Å²) >= 11 is 0. The van der Waals surface area contributed by atoms with E-state index >= 15 is 0 Å². The molecule has 0 bridgehead atoms. The van der Waals surface area contributed by atoms with Crippen molar-refractivity contribution >= 4 is 41.7 Å². The van der Waals surface area contributed by atoms with Crippen LogP contribution in [0.5, 0.6) is 0 Å². The van der Waals surface area contributed by atoms with Gasteiger partial charge in [-0.1, -0.05) is 48.5 Å². The average molecular weight is 326 g/mol. The summed E-state index contributed by atoms with van der Waals surface area (Å²) < 4.78 is 0. The van der Waals surface area contributed by atoms with Crippen LogP contribution in [-0.2, 0) is 0 Å². The maximum Gasteiger partial charge on any atom is 0.0904 e. The number of fused-ring (bicyclic) bond motifs is 3. The minimum absolute atomic E-state index is 0.392. The van der Waals surface area contributed by atoms with Gasteiger partial charge in [0.05, 0.1) is 5.03 Å². The highest BCUT2D eigenvalue weighted by Crippen LogP contribution is 2.48. The molecule has 2 heterocycles. The third kappa shape index (κ3) is 1.91. The fourth-order valence-electron chi connectivity index (χ4n) is 3.12. The van der Waals surface area contributed by atoms with E-state index in [4.69, 9.17) is 10.7 Å². The number of halogens is 1. The van der Waals surface area contributed by atoms with Crippen molar-refractivity contribution in [3.63, 3.8) is 0 Å². The summed E-state index contributed by atoms with van der Waals surface area (Å²) in [6, 6.07) is 19.0. The lowest BCUT2D eigenvalue weighted by molar-refractivity contribution is 1.22. The van der Waals surface area contributed by atoms with Gasteiger partial charge in [0.15, 0.2) is 0 Å². The number of benzene rings is 2. The molecular weight excluding hydrogens is 310 g/mol. The molecule has 3 heteroatoms. The molecule has 22 heavy (non-hydrogen) atoms. The summed E-state index contributed by atoms with van der Waals surface area (Å²) in [4.78, 5) is 4.79. The van der Waals surface area contributed by atoms with Gasteiger partial charge in [0.25, 0.3) is 0 Å². The maximum absolute atomic E-state index is 6.74. The van der Waals surface area contributed by atoms with Gasteiger partial charge < -0.3 is 4.98 Å². The van der Waals surface area contributed by atoms with Crippen molar-refractivity contribution in [1.29, 1.82) is 0 Å². The highest BCUT2D eigenvalue weighted by atomic mass is 35.7. The molecule has 1 unspecified atom stereocenters. The zero-order valence-corrected chi connectivity index (χ0v) is 14.1. The van der Waals surface area contributed by atoms with E-state index in [0.717, 1.165) is 10.5 Å². The third-order valence-corrected chi connectivity index (χ3v) is 7.00. The lowest BCUT2D eigenvalue weighted by Gasteiger charge is -2.21. The van der Waals surface area contributed by atoms with Gasteiger partial charge in [-0.25, -0.2) is 0 Å². The summed E-state index contributed by atoms with van der Waals surface area (Å²) in [7, 11) is 6.35. The Labute approximate surface area is 137 Å². The first-order valence-electron chi connectivity index (χ1n) is 7.30. The smallest absolute Gasteiger partial charge is 0.0904 e. The van der Waals surface area contributed by atoms with E-state index in [1.54, 1.807) is 0 Å². The molecule has 4 rings (SSSR count). The van der Waals surface area contributed by atoms with Crippen LogP contribution in [0.4, 0.5) is 0 Å². The van der Waals surface area contributed by atoms with Crippen LogP contribution in [-0.4, -0.2) is 9.85 Å². The summed E-state index contributed by atoms with van der Waals surface area (Å²) in [5.41, 5.74) is 6.26. The van der Waals surface area contributed by atoms with Crippen LogP contribution in [0.15, 0.2) is 65.2 Å². The molecule has 1 nitrogen and oxygen atoms in total. The number of aromatic amines is 1. The Morgan fingerprint density at radius 1 is 0.909 bits per heavy atom. The monoisotopic (exact) mass is 325 g/mol. The standard InChI is InChI=1S/C19H16ClNS/c1-12-13(2)22(20)19-18(15-10-6-7-11-16(15)21-19)17(12)14-8-4-3-5-9-14/h3-11,21H,1-2H3. The second-order valence-corrected chi connectivity index (χ2v) is 8.01. The van der Waals surface area contributed by atoms with Crippen molar-refractivity contribution in [2.24, 2.45) is 0 Å². The van der Waals surface area contributed by atoms with Gasteiger partial charge in [-0.05, 0) is 61.9 Å². The molecule has 0 spiro atoms. The molecule has 1 aliphatic heterocycles. The number of H-pyrrole nitrogens is 1. The molecule has 1 atom stereocenters. The molecule has 1 N–H and O–H groups in total. The van der Waals surface area contributed by atoms with Crippen LogP contribution in [0.3, 0.4) is 0 Å². The topological polar surface area (TPSA) is 15.8 Å². The van der Waals surface area contributed by atoms with Crippen LogP contribution in [0.2, 0.25) is 0 Å². The maximum atomic E-state index is 6.74. The number of hydrogen-bond donors (Lipinski definition) is 1. The van der Waals surface area contributed by atoms with Crippen molar-refractivity contribution in [1.82, 2.24) is 4.98 Å². The fourth-order valence-corrected chi connectivity index (χ4v) is 5.08. The second kappa shape index (κ2) is 5.15. The number of aromatic nitrogens is 1. The van der Waals surface area contributed by atoms with Gasteiger partial charge >= 0.3 is 0 Å². The van der Waals surface area contributed by atoms with Crippen LogP contribution >= 0.6 is 20.4 Å². The number of para-hydroxylation sites is 1. The van der Waals surface area contributed by atoms with Crippen molar-refractivity contribution in [2.45, 2.75) is 18.9 Å². The predicted molar refractivity (Wildman–Crippen MR) is 98.8 cm³/mol. The van der Waals surface area contributed by atoms with E-state index in [-0.39, 0.29) is 0 Å². The fraction of sp³-hybridized carbons (Fsp3) is 0.105. The van der Waals surface area contributed by atoms with E-state index < -0.39 is 9.70 Å². The number of nitrogens with one attached hydrogen (secondary N) is 1. The molecule has 0 saturated heterocycles. The molecule has 0 amide bonds. The molecule has 0 aliphatic carbocycles. The molecular formula is C19H16ClNS. The van der Waals surface area contributed by atoms with Gasteiger partial charge in [-0.15, -0.1) is 0 Å². The zero-order valence-electron chi connectivity index (χ0n) is 12.5. The minimum Gasteiger partial charge on any atom is -0.349 e. The van der Waals surface area contributed by atoms with Crippen molar-refractivity contribution < 1.29 is 0 Å². The van der Waals surface area contributed by atoms with Crippen molar-refractivity contribution in [2.75, 3.05) is 0 Å². The number of allylic oxidation sites excluding steroid dienone is 1. The van der Waals surface area contributed by atoms with Crippen LogP contribution in [0.25, 0.3) is 16.5 Å². The normalized spacial score (nSPS) is 18.0. The van der Waals surface area contributed by atoms with Gasteiger partial charge in [-0.3, -0.25) is 0 Å². The van der Waals surface area contributed by atoms with Gasteiger partial charge in [0.1, 0.15) is 0 Å². The van der Waals surface area contributed by atoms with E-state index in [2.05, 4.69) is 73.4 Å². The molecule has 2 aromatic carbocycles. The average Bonchev–Trinajstić information content (AvgIpc) is 2.94. The molecule has 0 saturated carbocycles. The summed E-state index contributed by atoms with van der Waals surface area (Å²) in [5.74, 6) is 0. The van der Waals surface area contributed by atoms with E-state index in [1.807, 2.05) is 0 Å². The quantitative estimate of drug-likeness (QED) is 0.530. The highest BCUT2D eigenvalue weighted by molar-refractivity contribution is 8.35. The summed E-state index contributed by atoms with van der Waals surface area (Å²) in [5, 5.41) is 2.39. The lowest BCUT2D eigenvalue weighted by atomic mass is 9.92. The lowest BCUT2D eigenvalue weighted by Crippen LogP contribution is -2.05. The van der Waals surface area contributed by atoms with Gasteiger partial charge in [-0.2, -0.15) is 0 Å². The molecule has 0 fully saturated rings. The molecule has 110 valence electrons. The molecule has 3 aromatic rings. The van der Waals surface area contributed by atoms with Crippen molar-refractivity contribution in [3.05, 3.63) is 71.3 Å². The first-order chi connectivity index (χ1) is 10.7. The van der Waals surface area contributed by atoms with E-state index in [9.17, 15) is 0 Å². The third-order valence-electron chi connectivity index (χ3n) is 4.34. The van der Waals surface area contributed by atoms with Crippen molar-refractivity contribution in [3.8, 4) is 0 Å². The van der Waals surface area contributed by atoms with Gasteiger partial charge in [0.2, 0.25) is 0 Å². The zero-order chi connectivity index (χ0) is 15.3. The van der Waals surface area contributed by atoms with E-state index in [0.29, 0.717) is 0 Å². The molecule has 0 radical (unpaired) electrons. The van der Waals surface area contributed by atoms with Crippen LogP contribution in [0.1, 0.15) is 25.0 Å². The van der Waals surface area contributed by atoms with Crippen LogP contribution < -0.4 is 0 Å². The Bertz CT molecular complexity index is 948. The Balaban J connectivity index is 2.15. The summed E-state index contributed by atoms with van der Waals surface area (Å²) in [6.45, 7) is 4.33. The minimum atomic E-state index is -0.392. The van der Waals surface area contributed by atoms with Gasteiger partial charge in [0, 0.05) is 16.5 Å². The number of rotatable bonds is 1. The van der Waals surface area contributed by atoms with E-state index in [1.165, 1.54) is 32.5 Å². The van der Waals surface area contributed by atoms with Crippen LogP contribution in [0, 0.1) is 0 Å². The first kappa shape index (κ1) is 13.9. The predicted octanol–water partition coefficient (Wildman–Crippen LogP) is 5.98. The Hall–Kier alpha value is -1.77. The Morgan fingerprint density at radius 2 is 1.59 bits per heavy atom. The Kier molecular flexibility index (Phi) is 3.24. The molecule has 1 aliphatic rings. The second-order valence-electron chi connectivity index (χ2n) is 5.55. The Morgan fingerprint density at radius 3 is 2.36 bits per heavy atom. The SMILES string of the molecule is CC1=C(c2ccccc2)c2c([nH]c3ccccc23)S(Cl)=C1C. The summed E-state index contributed by atoms with van der Waals surface area (Å²) in [6.07, 6.45) is 0.